The monoisotopic (exact) mass is 397 g/mol. The zero-order valence-corrected chi connectivity index (χ0v) is 16.7. The largest absolute Gasteiger partial charge is 0.493 e. The lowest BCUT2D eigenvalue weighted by Gasteiger charge is -2.26. The minimum atomic E-state index is -0.201. The average Bonchev–Trinajstić information content (AvgIpc) is 3.45. The standard InChI is InChI=1S/C24H28FNO3/c25-23-9-2-1-6-19(23)12-14-29-21-7-3-5-18(15-21)16-26(24(27)20-10-11-20)17-22-8-4-13-28-22/h1-3,5-7,9,15,20,22H,4,8,10-14,16-17H2/t22-/m1/s1. The fourth-order valence-corrected chi connectivity index (χ4v) is 3.79. The van der Waals surface area contributed by atoms with Gasteiger partial charge in [0.1, 0.15) is 11.6 Å². The summed E-state index contributed by atoms with van der Waals surface area (Å²) >= 11 is 0. The third-order valence-electron chi connectivity index (χ3n) is 5.56. The summed E-state index contributed by atoms with van der Waals surface area (Å²) in [5.41, 5.74) is 1.70. The van der Waals surface area contributed by atoms with E-state index < -0.39 is 0 Å². The van der Waals surface area contributed by atoms with Crippen LogP contribution in [0.2, 0.25) is 0 Å². The van der Waals surface area contributed by atoms with Crippen molar-refractivity contribution < 1.29 is 18.7 Å². The predicted octanol–water partition coefficient (Wildman–Crippen LogP) is 4.36. The highest BCUT2D eigenvalue weighted by Gasteiger charge is 2.34. The Balaban J connectivity index is 1.35. The summed E-state index contributed by atoms with van der Waals surface area (Å²) in [6, 6.07) is 14.6. The number of nitrogens with zero attached hydrogens (tertiary/aromatic N) is 1. The van der Waals surface area contributed by atoms with Crippen molar-refractivity contribution in [1.29, 1.82) is 0 Å². The maximum atomic E-state index is 13.7. The predicted molar refractivity (Wildman–Crippen MR) is 109 cm³/mol. The van der Waals surface area contributed by atoms with Gasteiger partial charge < -0.3 is 14.4 Å². The molecule has 0 aromatic heterocycles. The summed E-state index contributed by atoms with van der Waals surface area (Å²) in [5.74, 6) is 0.978. The first-order valence-corrected chi connectivity index (χ1v) is 10.5. The van der Waals surface area contributed by atoms with Crippen LogP contribution in [0.15, 0.2) is 48.5 Å². The molecule has 0 spiro atoms. The first-order chi connectivity index (χ1) is 14.2. The van der Waals surface area contributed by atoms with Crippen molar-refractivity contribution in [3.05, 3.63) is 65.5 Å². The Labute approximate surface area is 171 Å². The molecule has 0 bridgehead atoms. The maximum absolute atomic E-state index is 13.7. The number of ether oxygens (including phenoxy) is 2. The molecule has 1 saturated carbocycles. The lowest BCUT2D eigenvalue weighted by atomic mass is 10.1. The van der Waals surface area contributed by atoms with Gasteiger partial charge in [0.15, 0.2) is 0 Å². The molecule has 4 rings (SSSR count). The van der Waals surface area contributed by atoms with Gasteiger partial charge in [0.05, 0.1) is 12.7 Å². The molecule has 1 aliphatic heterocycles. The Morgan fingerprint density at radius 2 is 2.00 bits per heavy atom. The molecule has 2 fully saturated rings. The Bertz CT molecular complexity index is 830. The Hall–Kier alpha value is -2.40. The number of carbonyl (C=O) groups excluding carboxylic acids is 1. The minimum Gasteiger partial charge on any atom is -0.493 e. The van der Waals surface area contributed by atoms with E-state index in [1.807, 2.05) is 35.2 Å². The number of amides is 1. The van der Waals surface area contributed by atoms with Crippen LogP contribution in [-0.2, 0) is 22.5 Å². The van der Waals surface area contributed by atoms with E-state index in [1.165, 1.54) is 6.07 Å². The zero-order valence-electron chi connectivity index (χ0n) is 16.7. The van der Waals surface area contributed by atoms with Gasteiger partial charge in [0.25, 0.3) is 0 Å². The summed E-state index contributed by atoms with van der Waals surface area (Å²) < 4.78 is 25.3. The molecule has 2 aromatic carbocycles. The molecule has 5 heteroatoms. The first-order valence-electron chi connectivity index (χ1n) is 10.5. The smallest absolute Gasteiger partial charge is 0.226 e. The molecule has 154 valence electrons. The van der Waals surface area contributed by atoms with Crippen molar-refractivity contribution in [2.75, 3.05) is 19.8 Å². The highest BCUT2D eigenvalue weighted by Crippen LogP contribution is 2.32. The van der Waals surface area contributed by atoms with E-state index in [4.69, 9.17) is 9.47 Å². The molecule has 1 saturated heterocycles. The molecule has 2 aliphatic rings. The minimum absolute atomic E-state index is 0.151. The molecule has 0 radical (unpaired) electrons. The van der Waals surface area contributed by atoms with Crippen LogP contribution in [0.3, 0.4) is 0 Å². The van der Waals surface area contributed by atoms with Crippen LogP contribution >= 0.6 is 0 Å². The highest BCUT2D eigenvalue weighted by molar-refractivity contribution is 5.81. The molecular weight excluding hydrogens is 369 g/mol. The summed E-state index contributed by atoms with van der Waals surface area (Å²) in [6.07, 6.45) is 4.76. The Kier molecular flexibility index (Phi) is 6.45. The van der Waals surface area contributed by atoms with E-state index in [0.717, 1.165) is 43.6 Å². The quantitative estimate of drug-likeness (QED) is 0.631. The third kappa shape index (κ3) is 5.57. The van der Waals surface area contributed by atoms with Crippen LogP contribution in [-0.4, -0.2) is 36.7 Å². The number of hydrogen-bond acceptors (Lipinski definition) is 3. The van der Waals surface area contributed by atoms with Gasteiger partial charge in [-0.15, -0.1) is 0 Å². The summed E-state index contributed by atoms with van der Waals surface area (Å²) in [6.45, 7) is 2.43. The second-order valence-electron chi connectivity index (χ2n) is 7.97. The Morgan fingerprint density at radius 1 is 1.14 bits per heavy atom. The summed E-state index contributed by atoms with van der Waals surface area (Å²) in [5, 5.41) is 0. The topological polar surface area (TPSA) is 38.8 Å². The molecule has 1 atom stereocenters. The van der Waals surface area contributed by atoms with Gasteiger partial charge in [0, 0.05) is 32.0 Å². The van der Waals surface area contributed by atoms with Gasteiger partial charge >= 0.3 is 0 Å². The Morgan fingerprint density at radius 3 is 2.76 bits per heavy atom. The molecule has 0 unspecified atom stereocenters. The van der Waals surface area contributed by atoms with E-state index in [9.17, 15) is 9.18 Å². The lowest BCUT2D eigenvalue weighted by molar-refractivity contribution is -0.134. The lowest BCUT2D eigenvalue weighted by Crippen LogP contribution is -2.37. The molecule has 1 amide bonds. The normalized spacial score (nSPS) is 18.6. The molecule has 4 nitrogen and oxygen atoms in total. The third-order valence-corrected chi connectivity index (χ3v) is 5.56. The number of hydrogen-bond donors (Lipinski definition) is 0. The molecule has 0 N–H and O–H groups in total. The van der Waals surface area contributed by atoms with Crippen molar-refractivity contribution in [1.82, 2.24) is 4.90 Å². The summed E-state index contributed by atoms with van der Waals surface area (Å²) in [4.78, 5) is 14.7. The van der Waals surface area contributed by atoms with E-state index in [2.05, 4.69) is 0 Å². The summed E-state index contributed by atoms with van der Waals surface area (Å²) in [7, 11) is 0. The van der Waals surface area contributed by atoms with Gasteiger partial charge in [-0.3, -0.25) is 4.79 Å². The van der Waals surface area contributed by atoms with Crippen molar-refractivity contribution >= 4 is 5.91 Å². The van der Waals surface area contributed by atoms with Gasteiger partial charge in [-0.05, 0) is 55.0 Å². The van der Waals surface area contributed by atoms with Gasteiger partial charge in [-0.2, -0.15) is 0 Å². The fraction of sp³-hybridized carbons (Fsp3) is 0.458. The van der Waals surface area contributed by atoms with Crippen LogP contribution in [0.4, 0.5) is 4.39 Å². The second kappa shape index (κ2) is 9.40. The van der Waals surface area contributed by atoms with Crippen molar-refractivity contribution in [2.24, 2.45) is 5.92 Å². The second-order valence-corrected chi connectivity index (χ2v) is 7.97. The average molecular weight is 397 g/mol. The van der Waals surface area contributed by atoms with Crippen molar-refractivity contribution in [2.45, 2.75) is 44.8 Å². The maximum Gasteiger partial charge on any atom is 0.226 e. The number of benzene rings is 2. The zero-order chi connectivity index (χ0) is 20.1. The van der Waals surface area contributed by atoms with E-state index in [0.29, 0.717) is 31.7 Å². The van der Waals surface area contributed by atoms with Gasteiger partial charge in [0.2, 0.25) is 5.91 Å². The van der Waals surface area contributed by atoms with Crippen LogP contribution in [0.5, 0.6) is 5.75 Å². The molecule has 29 heavy (non-hydrogen) atoms. The van der Waals surface area contributed by atoms with Crippen molar-refractivity contribution in [3.63, 3.8) is 0 Å². The SMILES string of the molecule is O=C(C1CC1)N(Cc1cccc(OCCc2ccccc2F)c1)C[C@H]1CCCO1. The van der Waals surface area contributed by atoms with E-state index in [1.54, 1.807) is 12.1 Å². The van der Waals surface area contributed by atoms with Crippen LogP contribution in [0, 0.1) is 11.7 Å². The molecule has 1 aliphatic carbocycles. The molecule has 1 heterocycles. The van der Waals surface area contributed by atoms with Gasteiger partial charge in [-0.1, -0.05) is 30.3 Å². The number of halogens is 1. The van der Waals surface area contributed by atoms with Crippen LogP contribution in [0.1, 0.15) is 36.8 Å². The number of carbonyl (C=O) groups is 1. The highest BCUT2D eigenvalue weighted by atomic mass is 19.1. The van der Waals surface area contributed by atoms with E-state index in [-0.39, 0.29) is 23.7 Å². The molecular formula is C24H28FNO3. The molecule has 2 aromatic rings. The first kappa shape index (κ1) is 19.9. The fourth-order valence-electron chi connectivity index (χ4n) is 3.79. The van der Waals surface area contributed by atoms with Crippen LogP contribution < -0.4 is 4.74 Å². The van der Waals surface area contributed by atoms with Crippen molar-refractivity contribution in [3.8, 4) is 5.75 Å². The van der Waals surface area contributed by atoms with Crippen LogP contribution in [0.25, 0.3) is 0 Å². The number of rotatable bonds is 9. The van der Waals surface area contributed by atoms with E-state index >= 15 is 0 Å². The van der Waals surface area contributed by atoms with Gasteiger partial charge in [-0.25, -0.2) is 4.39 Å².